The molecule has 0 saturated heterocycles. The zero-order valence-electron chi connectivity index (χ0n) is 8.81. The van der Waals surface area contributed by atoms with E-state index in [1.165, 1.54) is 0 Å². The van der Waals surface area contributed by atoms with Crippen LogP contribution in [0.4, 0.5) is 26.3 Å². The number of benzene rings is 1. The highest BCUT2D eigenvalue weighted by Gasteiger charge is 2.33. The maximum Gasteiger partial charge on any atom is 0.427 e. The van der Waals surface area contributed by atoms with Crippen molar-refractivity contribution in [2.24, 2.45) is 0 Å². The summed E-state index contributed by atoms with van der Waals surface area (Å²) in [5.41, 5.74) is 0. The number of hydrogen-bond donors (Lipinski definition) is 0. The Kier molecular flexibility index (Phi) is 4.31. The lowest BCUT2D eigenvalue weighted by Crippen LogP contribution is -2.27. The van der Waals surface area contributed by atoms with E-state index in [9.17, 15) is 26.3 Å². The summed E-state index contributed by atoms with van der Waals surface area (Å²) in [6.45, 7) is -4.05. The molecule has 0 heterocycles. The molecule has 1 rings (SSSR count). The molecular formula is C10H8F6O2. The zero-order chi connectivity index (χ0) is 13.8. The van der Waals surface area contributed by atoms with Crippen LogP contribution in [0, 0.1) is 0 Å². The first-order valence-corrected chi connectivity index (χ1v) is 4.64. The van der Waals surface area contributed by atoms with E-state index in [4.69, 9.17) is 0 Å². The molecule has 0 aliphatic heterocycles. The second-order valence-corrected chi connectivity index (χ2v) is 3.22. The molecule has 2 nitrogen and oxygen atoms in total. The molecule has 0 radical (unpaired) electrons. The van der Waals surface area contributed by atoms with Crippen LogP contribution in [0.15, 0.2) is 24.3 Å². The standard InChI is InChI=1S/C10H8F6O2/c11-5-9(13,14)17-7-1-2-8(4-3-7)18-10(15,16)6-12/h1-4H,5-6H2. The van der Waals surface area contributed by atoms with Crippen molar-refractivity contribution < 1.29 is 35.8 Å². The molecule has 0 fully saturated rings. The first-order chi connectivity index (χ1) is 8.28. The van der Waals surface area contributed by atoms with Crippen molar-refractivity contribution in [1.82, 2.24) is 0 Å². The van der Waals surface area contributed by atoms with Gasteiger partial charge in [0.2, 0.25) is 0 Å². The minimum absolute atomic E-state index is 0.437. The Morgan fingerprint density at radius 2 is 1.00 bits per heavy atom. The molecule has 0 unspecified atom stereocenters. The normalized spacial score (nSPS) is 12.3. The van der Waals surface area contributed by atoms with Crippen LogP contribution < -0.4 is 9.47 Å². The average Bonchev–Trinajstić information content (AvgIpc) is 2.31. The van der Waals surface area contributed by atoms with Gasteiger partial charge in [-0.1, -0.05) is 0 Å². The second kappa shape index (κ2) is 5.36. The summed E-state index contributed by atoms with van der Waals surface area (Å²) in [6.07, 6.45) is -7.99. The van der Waals surface area contributed by atoms with E-state index >= 15 is 0 Å². The largest absolute Gasteiger partial charge is 0.431 e. The van der Waals surface area contributed by atoms with Crippen LogP contribution >= 0.6 is 0 Å². The Morgan fingerprint density at radius 1 is 0.722 bits per heavy atom. The van der Waals surface area contributed by atoms with Gasteiger partial charge in [0, 0.05) is 0 Å². The molecule has 0 spiro atoms. The van der Waals surface area contributed by atoms with E-state index in [0.717, 1.165) is 24.3 Å². The van der Waals surface area contributed by atoms with E-state index in [1.807, 2.05) is 0 Å². The van der Waals surface area contributed by atoms with Crippen molar-refractivity contribution in [2.45, 2.75) is 12.2 Å². The minimum Gasteiger partial charge on any atom is -0.431 e. The Balaban J connectivity index is 2.69. The maximum absolute atomic E-state index is 12.5. The maximum atomic E-state index is 12.5. The van der Waals surface area contributed by atoms with Gasteiger partial charge in [0.15, 0.2) is 13.3 Å². The van der Waals surface area contributed by atoms with Crippen LogP contribution in [0.5, 0.6) is 11.5 Å². The fourth-order valence-electron chi connectivity index (χ4n) is 0.975. The van der Waals surface area contributed by atoms with Gasteiger partial charge in [0.1, 0.15) is 11.5 Å². The fourth-order valence-corrected chi connectivity index (χ4v) is 0.975. The fraction of sp³-hybridized carbons (Fsp3) is 0.400. The molecule has 0 atom stereocenters. The SMILES string of the molecule is FCC(F)(F)Oc1ccc(OC(F)(F)CF)cc1. The van der Waals surface area contributed by atoms with Crippen molar-refractivity contribution in [3.05, 3.63) is 24.3 Å². The Morgan fingerprint density at radius 3 is 1.22 bits per heavy atom. The van der Waals surface area contributed by atoms with Crippen LogP contribution in [0.3, 0.4) is 0 Å². The third-order valence-electron chi connectivity index (χ3n) is 1.67. The van der Waals surface area contributed by atoms with Gasteiger partial charge in [-0.15, -0.1) is 0 Å². The number of hydrogen-bond acceptors (Lipinski definition) is 2. The van der Waals surface area contributed by atoms with Gasteiger partial charge in [-0.3, -0.25) is 0 Å². The summed E-state index contributed by atoms with van der Waals surface area (Å²) in [5.74, 6) is -0.873. The van der Waals surface area contributed by atoms with Gasteiger partial charge in [-0.25, -0.2) is 8.78 Å². The van der Waals surface area contributed by atoms with Crippen molar-refractivity contribution in [1.29, 1.82) is 0 Å². The number of alkyl halides is 6. The molecule has 18 heavy (non-hydrogen) atoms. The summed E-state index contributed by atoms with van der Waals surface area (Å²) >= 11 is 0. The zero-order valence-corrected chi connectivity index (χ0v) is 8.81. The average molecular weight is 274 g/mol. The third kappa shape index (κ3) is 4.34. The lowest BCUT2D eigenvalue weighted by Gasteiger charge is -2.16. The molecule has 0 bridgehead atoms. The highest BCUT2D eigenvalue weighted by atomic mass is 19.3. The van der Waals surface area contributed by atoms with E-state index in [1.54, 1.807) is 0 Å². The van der Waals surface area contributed by atoms with Gasteiger partial charge >= 0.3 is 12.2 Å². The highest BCUT2D eigenvalue weighted by molar-refractivity contribution is 5.31. The predicted octanol–water partition coefficient (Wildman–Crippen LogP) is 3.57. The lowest BCUT2D eigenvalue weighted by molar-refractivity contribution is -0.188. The topological polar surface area (TPSA) is 18.5 Å². The highest BCUT2D eigenvalue weighted by Crippen LogP contribution is 2.27. The van der Waals surface area contributed by atoms with Gasteiger partial charge in [-0.05, 0) is 24.3 Å². The summed E-state index contributed by atoms with van der Waals surface area (Å²) in [4.78, 5) is 0. The Labute approximate surface area is 98.1 Å². The number of halogens is 6. The van der Waals surface area contributed by atoms with Gasteiger partial charge < -0.3 is 9.47 Å². The third-order valence-corrected chi connectivity index (χ3v) is 1.67. The van der Waals surface area contributed by atoms with Crippen LogP contribution in [-0.4, -0.2) is 25.6 Å². The van der Waals surface area contributed by atoms with E-state index in [-0.39, 0.29) is 0 Å². The molecule has 8 heteroatoms. The summed E-state index contributed by atoms with van der Waals surface area (Å²) in [6, 6.07) is 3.47. The van der Waals surface area contributed by atoms with Crippen LogP contribution in [0.2, 0.25) is 0 Å². The first-order valence-electron chi connectivity index (χ1n) is 4.64. The van der Waals surface area contributed by atoms with E-state index < -0.39 is 37.1 Å². The quantitative estimate of drug-likeness (QED) is 0.738. The van der Waals surface area contributed by atoms with Crippen molar-refractivity contribution in [3.63, 3.8) is 0 Å². The molecule has 0 aromatic heterocycles. The van der Waals surface area contributed by atoms with Crippen LogP contribution in [0.25, 0.3) is 0 Å². The molecule has 1 aromatic carbocycles. The van der Waals surface area contributed by atoms with E-state index in [0.29, 0.717) is 0 Å². The molecular weight excluding hydrogens is 266 g/mol. The van der Waals surface area contributed by atoms with Crippen LogP contribution in [-0.2, 0) is 0 Å². The monoisotopic (exact) mass is 274 g/mol. The van der Waals surface area contributed by atoms with Crippen LogP contribution in [0.1, 0.15) is 0 Å². The van der Waals surface area contributed by atoms with Crippen molar-refractivity contribution >= 4 is 0 Å². The van der Waals surface area contributed by atoms with Gasteiger partial charge in [0.05, 0.1) is 0 Å². The summed E-state index contributed by atoms with van der Waals surface area (Å²) < 4.78 is 81.3. The Hall–Kier alpha value is -1.60. The minimum atomic E-state index is -3.99. The molecule has 1 aromatic rings. The molecule has 0 aliphatic rings. The molecule has 0 aliphatic carbocycles. The smallest absolute Gasteiger partial charge is 0.427 e. The van der Waals surface area contributed by atoms with Crippen molar-refractivity contribution in [3.8, 4) is 11.5 Å². The van der Waals surface area contributed by atoms with E-state index in [2.05, 4.69) is 9.47 Å². The predicted molar refractivity (Wildman–Crippen MR) is 49.5 cm³/mol. The van der Waals surface area contributed by atoms with Crippen molar-refractivity contribution in [2.75, 3.05) is 13.3 Å². The number of rotatable bonds is 6. The molecule has 0 N–H and O–H groups in total. The first kappa shape index (κ1) is 14.5. The van der Waals surface area contributed by atoms with Gasteiger partial charge in [0.25, 0.3) is 0 Å². The summed E-state index contributed by atoms with van der Waals surface area (Å²) in [5, 5.41) is 0. The second-order valence-electron chi connectivity index (χ2n) is 3.22. The molecule has 0 saturated carbocycles. The lowest BCUT2D eigenvalue weighted by atomic mass is 10.3. The molecule has 0 amide bonds. The summed E-state index contributed by atoms with van der Waals surface area (Å²) in [7, 11) is 0. The Bertz CT molecular complexity index is 341. The number of ether oxygens (including phenoxy) is 2. The van der Waals surface area contributed by atoms with Gasteiger partial charge in [-0.2, -0.15) is 17.6 Å². The molecule has 102 valence electrons.